The van der Waals surface area contributed by atoms with Crippen LogP contribution in [0.5, 0.6) is 0 Å². The van der Waals surface area contributed by atoms with Crippen LogP contribution in [0.2, 0.25) is 0 Å². The first kappa shape index (κ1) is 30.6. The molecule has 0 saturated carbocycles. The summed E-state index contributed by atoms with van der Waals surface area (Å²) in [5, 5.41) is 52.2. The molecule has 0 unspecified atom stereocenters. The van der Waals surface area contributed by atoms with Crippen LogP contribution in [0.25, 0.3) is 0 Å². The molecule has 6 N–H and O–H groups in total. The van der Waals surface area contributed by atoms with Gasteiger partial charge in [-0.05, 0) is 6.42 Å². The van der Waals surface area contributed by atoms with E-state index < -0.39 is 31.0 Å². The van der Waals surface area contributed by atoms with Crippen LogP contribution in [-0.4, -0.2) is 74.6 Å². The third kappa shape index (κ3) is 20.5. The highest BCUT2D eigenvalue weighted by molar-refractivity contribution is 5.56. The average molecular weight is 423 g/mol. The standard InChI is InChI=1S/C16H34O.C6H12O6/c1-2-3-4-5-6-7-8-9-10-11-12-13-14-15-16-17;7-1-3(9)5(11)6(12)4(10)2-8/h17H,2-16H2,1H3;1,3-6,8-12H,2H2/t;3-,4+,5+,6+/m.0/s1. The van der Waals surface area contributed by atoms with Gasteiger partial charge in [0.2, 0.25) is 0 Å². The Kier molecular flexibility index (Phi) is 25.0. The van der Waals surface area contributed by atoms with Crippen LogP contribution in [0.3, 0.4) is 0 Å². The first-order chi connectivity index (χ1) is 14.0. The minimum atomic E-state index is -1.79. The summed E-state index contributed by atoms with van der Waals surface area (Å²) in [7, 11) is 0. The smallest absolute Gasteiger partial charge is 0.151 e. The molecule has 4 atom stereocenters. The van der Waals surface area contributed by atoms with Crippen LogP contribution < -0.4 is 0 Å². The number of carbonyl (C=O) groups is 1. The molecule has 0 radical (unpaired) electrons. The van der Waals surface area contributed by atoms with E-state index in [1.165, 1.54) is 83.5 Å². The van der Waals surface area contributed by atoms with Gasteiger partial charge in [0.15, 0.2) is 6.29 Å². The molecule has 0 amide bonds. The van der Waals surface area contributed by atoms with Gasteiger partial charge in [-0.3, -0.25) is 0 Å². The first-order valence-electron chi connectivity index (χ1n) is 11.3. The lowest BCUT2D eigenvalue weighted by Gasteiger charge is -2.22. The lowest BCUT2D eigenvalue weighted by atomic mass is 10.0. The Hall–Kier alpha value is -0.570. The molecule has 0 aliphatic rings. The van der Waals surface area contributed by atoms with Crippen molar-refractivity contribution in [3.63, 3.8) is 0 Å². The van der Waals surface area contributed by atoms with Gasteiger partial charge in [-0.15, -0.1) is 0 Å². The third-order valence-corrected chi connectivity index (χ3v) is 4.93. The second-order valence-corrected chi connectivity index (χ2v) is 7.68. The molecule has 0 spiro atoms. The van der Waals surface area contributed by atoms with E-state index in [-0.39, 0.29) is 6.29 Å². The highest BCUT2D eigenvalue weighted by Gasteiger charge is 2.29. The predicted octanol–water partition coefficient (Wildman–Crippen LogP) is 2.08. The van der Waals surface area contributed by atoms with Gasteiger partial charge in [-0.2, -0.15) is 0 Å². The number of aliphatic hydroxyl groups is 6. The van der Waals surface area contributed by atoms with Crippen molar-refractivity contribution in [2.75, 3.05) is 13.2 Å². The Bertz CT molecular complexity index is 314. The van der Waals surface area contributed by atoms with Crippen LogP contribution >= 0.6 is 0 Å². The monoisotopic (exact) mass is 422 g/mol. The molecule has 7 nitrogen and oxygen atoms in total. The fraction of sp³-hybridized carbons (Fsp3) is 0.955. The summed E-state index contributed by atoms with van der Waals surface area (Å²) in [4.78, 5) is 9.90. The Balaban J connectivity index is 0. The third-order valence-electron chi connectivity index (χ3n) is 4.93. The number of aldehydes is 1. The molecule has 0 rings (SSSR count). The maximum Gasteiger partial charge on any atom is 0.151 e. The molecular weight excluding hydrogens is 376 g/mol. The maximum absolute atomic E-state index is 9.90. The van der Waals surface area contributed by atoms with Crippen LogP contribution in [0.15, 0.2) is 0 Å². The normalized spacial score (nSPS) is 15.1. The van der Waals surface area contributed by atoms with Crippen molar-refractivity contribution in [2.45, 2.75) is 121 Å². The zero-order valence-corrected chi connectivity index (χ0v) is 18.3. The Morgan fingerprint density at radius 3 is 1.31 bits per heavy atom. The van der Waals surface area contributed by atoms with E-state index in [1.807, 2.05) is 0 Å². The Morgan fingerprint density at radius 1 is 0.621 bits per heavy atom. The molecule has 29 heavy (non-hydrogen) atoms. The van der Waals surface area contributed by atoms with Gasteiger partial charge in [0, 0.05) is 6.61 Å². The lowest BCUT2D eigenvalue weighted by molar-refractivity contribution is -0.136. The molecule has 0 aliphatic carbocycles. The van der Waals surface area contributed by atoms with Gasteiger partial charge >= 0.3 is 0 Å². The molecule has 0 aromatic rings. The maximum atomic E-state index is 9.90. The summed E-state index contributed by atoms with van der Waals surface area (Å²) in [5.41, 5.74) is 0. The van der Waals surface area contributed by atoms with E-state index in [2.05, 4.69) is 6.92 Å². The van der Waals surface area contributed by atoms with Crippen molar-refractivity contribution in [2.24, 2.45) is 0 Å². The van der Waals surface area contributed by atoms with E-state index in [4.69, 9.17) is 30.6 Å². The van der Waals surface area contributed by atoms with Crippen LogP contribution in [0, 0.1) is 0 Å². The summed E-state index contributed by atoms with van der Waals surface area (Å²) in [6.07, 6.45) is 12.4. The molecular formula is C22H46O7. The van der Waals surface area contributed by atoms with E-state index in [9.17, 15) is 4.79 Å². The quantitative estimate of drug-likeness (QED) is 0.138. The fourth-order valence-corrected chi connectivity index (χ4v) is 2.92. The summed E-state index contributed by atoms with van der Waals surface area (Å²) >= 11 is 0. The van der Waals surface area contributed by atoms with Gasteiger partial charge in [0.05, 0.1) is 6.61 Å². The lowest BCUT2D eigenvalue weighted by Crippen LogP contribution is -2.46. The molecule has 0 saturated heterocycles. The number of hydrogen-bond acceptors (Lipinski definition) is 7. The molecule has 0 fully saturated rings. The van der Waals surface area contributed by atoms with E-state index in [0.717, 1.165) is 6.42 Å². The molecule has 7 heteroatoms. The second-order valence-electron chi connectivity index (χ2n) is 7.68. The van der Waals surface area contributed by atoms with Crippen LogP contribution in [0.1, 0.15) is 96.8 Å². The summed E-state index contributed by atoms with van der Waals surface area (Å²) in [6.45, 7) is 1.89. The zero-order chi connectivity index (χ0) is 22.3. The number of aliphatic hydroxyl groups excluding tert-OH is 6. The van der Waals surface area contributed by atoms with Crippen LogP contribution in [0.4, 0.5) is 0 Å². The molecule has 176 valence electrons. The van der Waals surface area contributed by atoms with Crippen molar-refractivity contribution < 1.29 is 35.4 Å². The number of rotatable bonds is 19. The van der Waals surface area contributed by atoms with Crippen molar-refractivity contribution in [3.8, 4) is 0 Å². The highest BCUT2D eigenvalue weighted by atomic mass is 16.4. The zero-order valence-electron chi connectivity index (χ0n) is 18.3. The van der Waals surface area contributed by atoms with Gasteiger partial charge in [0.25, 0.3) is 0 Å². The van der Waals surface area contributed by atoms with Gasteiger partial charge in [-0.25, -0.2) is 0 Å². The molecule has 0 bridgehead atoms. The topological polar surface area (TPSA) is 138 Å². The van der Waals surface area contributed by atoms with E-state index in [1.54, 1.807) is 0 Å². The van der Waals surface area contributed by atoms with Crippen molar-refractivity contribution in [1.29, 1.82) is 0 Å². The number of unbranched alkanes of at least 4 members (excludes halogenated alkanes) is 13. The summed E-state index contributed by atoms with van der Waals surface area (Å²) < 4.78 is 0. The van der Waals surface area contributed by atoms with Gasteiger partial charge < -0.3 is 35.4 Å². The van der Waals surface area contributed by atoms with Crippen molar-refractivity contribution in [1.82, 2.24) is 0 Å². The molecule has 0 heterocycles. The van der Waals surface area contributed by atoms with E-state index >= 15 is 0 Å². The minimum absolute atomic E-state index is 0.0258. The fourth-order valence-electron chi connectivity index (χ4n) is 2.92. The SMILES string of the molecule is CCCCCCCCCCCCCCCCO.O=C[C@H](O)[C@@H](O)[C@H](O)[C@H](O)CO. The molecule has 0 aromatic heterocycles. The molecule has 0 aliphatic heterocycles. The number of hydrogen-bond donors (Lipinski definition) is 6. The highest BCUT2D eigenvalue weighted by Crippen LogP contribution is 2.12. The Morgan fingerprint density at radius 2 is 1.00 bits per heavy atom. The second kappa shape index (κ2) is 23.7. The largest absolute Gasteiger partial charge is 0.396 e. The Labute approximate surface area is 176 Å². The minimum Gasteiger partial charge on any atom is -0.396 e. The average Bonchev–Trinajstić information content (AvgIpc) is 2.75. The van der Waals surface area contributed by atoms with Crippen molar-refractivity contribution in [3.05, 3.63) is 0 Å². The summed E-state index contributed by atoms with van der Waals surface area (Å²) in [6, 6.07) is 0. The van der Waals surface area contributed by atoms with E-state index in [0.29, 0.717) is 6.61 Å². The predicted molar refractivity (Wildman–Crippen MR) is 115 cm³/mol. The first-order valence-corrected chi connectivity index (χ1v) is 11.3. The van der Waals surface area contributed by atoms with Gasteiger partial charge in [0.1, 0.15) is 24.4 Å². The molecule has 0 aromatic carbocycles. The van der Waals surface area contributed by atoms with Crippen LogP contribution in [-0.2, 0) is 4.79 Å². The number of carbonyl (C=O) groups excluding carboxylic acids is 1. The van der Waals surface area contributed by atoms with Crippen molar-refractivity contribution >= 4 is 6.29 Å². The van der Waals surface area contributed by atoms with Gasteiger partial charge in [-0.1, -0.05) is 90.4 Å². The summed E-state index contributed by atoms with van der Waals surface area (Å²) in [5.74, 6) is 0.